The van der Waals surface area contributed by atoms with E-state index in [1.807, 2.05) is 71.4 Å². The first-order chi connectivity index (χ1) is 13.7. The molecule has 3 aromatic rings. The van der Waals surface area contributed by atoms with Gasteiger partial charge in [-0.05, 0) is 43.2 Å². The van der Waals surface area contributed by atoms with Crippen LogP contribution in [0.15, 0.2) is 67.0 Å². The Kier molecular flexibility index (Phi) is 5.39. The third-order valence-corrected chi connectivity index (χ3v) is 5.11. The zero-order valence-electron chi connectivity index (χ0n) is 15.7. The Hall–Kier alpha value is -3.12. The van der Waals surface area contributed by atoms with E-state index in [2.05, 4.69) is 15.5 Å². The van der Waals surface area contributed by atoms with Crippen molar-refractivity contribution in [2.45, 2.75) is 18.9 Å². The lowest BCUT2D eigenvalue weighted by Gasteiger charge is -2.31. The average Bonchev–Trinajstić information content (AvgIpc) is 3.15. The number of pyridine rings is 1. The molecule has 6 nitrogen and oxygen atoms in total. The minimum absolute atomic E-state index is 0.00538. The predicted molar refractivity (Wildman–Crippen MR) is 109 cm³/mol. The number of nitrogens with zero attached hydrogens (tertiary/aromatic N) is 2. The predicted octanol–water partition coefficient (Wildman–Crippen LogP) is 2.77. The van der Waals surface area contributed by atoms with Crippen molar-refractivity contribution in [3.63, 3.8) is 0 Å². The van der Waals surface area contributed by atoms with Crippen LogP contribution in [0.4, 0.5) is 5.69 Å². The van der Waals surface area contributed by atoms with Crippen molar-refractivity contribution in [3.05, 3.63) is 72.6 Å². The molecule has 0 unspecified atom stereocenters. The van der Waals surface area contributed by atoms with Gasteiger partial charge in [0.1, 0.15) is 0 Å². The molecule has 0 radical (unpaired) electrons. The molecule has 2 N–H and O–H groups in total. The highest BCUT2D eigenvalue weighted by molar-refractivity contribution is 5.95. The molecule has 6 heteroatoms. The summed E-state index contributed by atoms with van der Waals surface area (Å²) < 4.78 is 1.95. The molecule has 0 spiro atoms. The van der Waals surface area contributed by atoms with Gasteiger partial charge < -0.3 is 15.0 Å². The highest BCUT2D eigenvalue weighted by Gasteiger charge is 2.23. The van der Waals surface area contributed by atoms with Crippen LogP contribution in [0.3, 0.4) is 0 Å². The number of carbonyl (C=O) groups excluding carboxylic acids is 2. The Morgan fingerprint density at radius 2 is 1.75 bits per heavy atom. The molecule has 4 rings (SSSR count). The maximum absolute atomic E-state index is 12.5. The first-order valence-electron chi connectivity index (χ1n) is 9.62. The number of benzene rings is 1. The van der Waals surface area contributed by atoms with Crippen LogP contribution >= 0.6 is 0 Å². The highest BCUT2D eigenvalue weighted by atomic mass is 16.2. The van der Waals surface area contributed by atoms with Gasteiger partial charge in [0.15, 0.2) is 0 Å². The number of nitrogens with one attached hydrogen (secondary N) is 2. The molecule has 2 aromatic heterocycles. The van der Waals surface area contributed by atoms with Gasteiger partial charge in [-0.2, -0.15) is 0 Å². The Labute approximate surface area is 164 Å². The minimum atomic E-state index is -0.0380. The Balaban J connectivity index is 1.24. The van der Waals surface area contributed by atoms with Crippen molar-refractivity contribution in [2.75, 3.05) is 25.0 Å². The van der Waals surface area contributed by atoms with Crippen LogP contribution in [0.25, 0.3) is 5.52 Å². The van der Waals surface area contributed by atoms with Crippen molar-refractivity contribution in [1.29, 1.82) is 0 Å². The SMILES string of the molecule is O=C(CN1CCC(NC(=O)c2cc3ccccn3c2)CC1)Nc1ccccc1. The summed E-state index contributed by atoms with van der Waals surface area (Å²) in [5.74, 6) is -0.0434. The first-order valence-corrected chi connectivity index (χ1v) is 9.62. The van der Waals surface area contributed by atoms with Crippen LogP contribution in [0.5, 0.6) is 0 Å². The maximum atomic E-state index is 12.5. The smallest absolute Gasteiger partial charge is 0.253 e. The molecule has 0 aliphatic carbocycles. The molecule has 0 atom stereocenters. The number of hydrogen-bond acceptors (Lipinski definition) is 3. The van der Waals surface area contributed by atoms with E-state index < -0.39 is 0 Å². The van der Waals surface area contributed by atoms with Gasteiger partial charge in [-0.3, -0.25) is 14.5 Å². The van der Waals surface area contributed by atoms with Gasteiger partial charge in [0.2, 0.25) is 5.91 Å². The largest absolute Gasteiger partial charge is 0.349 e. The number of likely N-dealkylation sites (tertiary alicyclic amines) is 1. The summed E-state index contributed by atoms with van der Waals surface area (Å²) >= 11 is 0. The summed E-state index contributed by atoms with van der Waals surface area (Å²) in [7, 11) is 0. The van der Waals surface area contributed by atoms with E-state index in [-0.39, 0.29) is 17.9 Å². The van der Waals surface area contributed by atoms with Gasteiger partial charge in [0, 0.05) is 42.7 Å². The van der Waals surface area contributed by atoms with Crippen molar-refractivity contribution < 1.29 is 9.59 Å². The van der Waals surface area contributed by atoms with Crippen LogP contribution in [0, 0.1) is 0 Å². The molecule has 3 heterocycles. The lowest BCUT2D eigenvalue weighted by atomic mass is 10.0. The summed E-state index contributed by atoms with van der Waals surface area (Å²) in [5, 5.41) is 6.04. The van der Waals surface area contributed by atoms with Crippen molar-refractivity contribution in [1.82, 2.24) is 14.6 Å². The first kappa shape index (κ1) is 18.3. The minimum Gasteiger partial charge on any atom is -0.349 e. The molecular weight excluding hydrogens is 352 g/mol. The van der Waals surface area contributed by atoms with Gasteiger partial charge in [0.25, 0.3) is 5.91 Å². The lowest BCUT2D eigenvalue weighted by molar-refractivity contribution is -0.117. The summed E-state index contributed by atoms with van der Waals surface area (Å²) in [6, 6.07) is 17.4. The van der Waals surface area contributed by atoms with Gasteiger partial charge in [-0.15, -0.1) is 0 Å². The van der Waals surface area contributed by atoms with Crippen molar-refractivity contribution in [2.24, 2.45) is 0 Å². The average molecular weight is 376 g/mol. The Morgan fingerprint density at radius 3 is 2.50 bits per heavy atom. The van der Waals surface area contributed by atoms with E-state index in [9.17, 15) is 9.59 Å². The number of fused-ring (bicyclic) bond motifs is 1. The summed E-state index contributed by atoms with van der Waals surface area (Å²) in [6.45, 7) is 1.97. The molecule has 0 saturated carbocycles. The van der Waals surface area contributed by atoms with Crippen LogP contribution in [0.2, 0.25) is 0 Å². The molecule has 144 valence electrons. The second-order valence-corrected chi connectivity index (χ2v) is 7.20. The fraction of sp³-hybridized carbons (Fsp3) is 0.273. The number of anilines is 1. The number of amides is 2. The molecule has 1 saturated heterocycles. The maximum Gasteiger partial charge on any atom is 0.253 e. The third kappa shape index (κ3) is 4.40. The quantitative estimate of drug-likeness (QED) is 0.720. The topological polar surface area (TPSA) is 65.9 Å². The van der Waals surface area contributed by atoms with E-state index in [1.165, 1.54) is 0 Å². The van der Waals surface area contributed by atoms with Gasteiger partial charge in [-0.1, -0.05) is 24.3 Å². The van der Waals surface area contributed by atoms with E-state index >= 15 is 0 Å². The second-order valence-electron chi connectivity index (χ2n) is 7.20. The number of para-hydroxylation sites is 1. The molecule has 2 amide bonds. The third-order valence-electron chi connectivity index (χ3n) is 5.11. The zero-order chi connectivity index (χ0) is 19.3. The Morgan fingerprint density at radius 1 is 1.00 bits per heavy atom. The monoisotopic (exact) mass is 376 g/mol. The normalized spacial score (nSPS) is 15.4. The summed E-state index contributed by atoms with van der Waals surface area (Å²) in [5.41, 5.74) is 2.50. The standard InChI is InChI=1S/C22H24N4O2/c27-21(23-18-6-2-1-3-7-18)16-25-12-9-19(10-13-25)24-22(28)17-14-20-8-4-5-11-26(20)15-17/h1-8,11,14-15,19H,9-10,12-13,16H2,(H,23,27)(H,24,28). The molecule has 1 fully saturated rings. The van der Waals surface area contributed by atoms with E-state index in [0.29, 0.717) is 12.1 Å². The molecule has 0 bridgehead atoms. The zero-order valence-corrected chi connectivity index (χ0v) is 15.7. The van der Waals surface area contributed by atoms with Crippen molar-refractivity contribution in [3.8, 4) is 0 Å². The fourth-order valence-electron chi connectivity index (χ4n) is 3.61. The fourth-order valence-corrected chi connectivity index (χ4v) is 3.61. The van der Waals surface area contributed by atoms with Crippen LogP contribution in [-0.4, -0.2) is 46.8 Å². The number of aromatic nitrogens is 1. The summed E-state index contributed by atoms with van der Waals surface area (Å²) in [4.78, 5) is 26.9. The Bertz CT molecular complexity index is 926. The van der Waals surface area contributed by atoms with Gasteiger partial charge >= 0.3 is 0 Å². The van der Waals surface area contributed by atoms with E-state index in [0.717, 1.165) is 37.1 Å². The van der Waals surface area contributed by atoms with Gasteiger partial charge in [0.05, 0.1) is 12.1 Å². The molecule has 1 aliphatic heterocycles. The second kappa shape index (κ2) is 8.27. The molecule has 28 heavy (non-hydrogen) atoms. The summed E-state index contributed by atoms with van der Waals surface area (Å²) in [6.07, 6.45) is 5.48. The van der Waals surface area contributed by atoms with E-state index in [1.54, 1.807) is 0 Å². The number of piperidine rings is 1. The van der Waals surface area contributed by atoms with Crippen LogP contribution in [0.1, 0.15) is 23.2 Å². The molecule has 1 aromatic carbocycles. The molecular formula is C22H24N4O2. The molecule has 1 aliphatic rings. The van der Waals surface area contributed by atoms with Crippen LogP contribution < -0.4 is 10.6 Å². The lowest BCUT2D eigenvalue weighted by Crippen LogP contribution is -2.46. The number of carbonyl (C=O) groups is 2. The van der Waals surface area contributed by atoms with Crippen molar-refractivity contribution >= 4 is 23.0 Å². The number of rotatable bonds is 5. The number of hydrogen-bond donors (Lipinski definition) is 2. The van der Waals surface area contributed by atoms with Gasteiger partial charge in [-0.25, -0.2) is 0 Å². The highest BCUT2D eigenvalue weighted by Crippen LogP contribution is 2.14. The van der Waals surface area contributed by atoms with Crippen LogP contribution in [-0.2, 0) is 4.79 Å². The van der Waals surface area contributed by atoms with E-state index in [4.69, 9.17) is 0 Å².